The van der Waals surface area contributed by atoms with Crippen LogP contribution in [0.25, 0.3) is 22.3 Å². The molecule has 3 atom stereocenters. The summed E-state index contributed by atoms with van der Waals surface area (Å²) in [5.74, 6) is 2.76. The fourth-order valence-electron chi connectivity index (χ4n) is 6.34. The van der Waals surface area contributed by atoms with Gasteiger partial charge in [0.1, 0.15) is 55.4 Å². The molecule has 67 heavy (non-hydrogen) atoms. The van der Waals surface area contributed by atoms with Gasteiger partial charge in [0.25, 0.3) is 0 Å². The van der Waals surface area contributed by atoms with E-state index < -0.39 is 0 Å². The van der Waals surface area contributed by atoms with Crippen molar-refractivity contribution in [2.75, 3.05) is 39.6 Å². The zero-order valence-electron chi connectivity index (χ0n) is 38.7. The van der Waals surface area contributed by atoms with Gasteiger partial charge in [0.05, 0.1) is 19.8 Å². The van der Waals surface area contributed by atoms with Gasteiger partial charge in [0.2, 0.25) is 0 Å². The van der Waals surface area contributed by atoms with Gasteiger partial charge in [0, 0.05) is 0 Å². The van der Waals surface area contributed by atoms with Gasteiger partial charge in [-0.05, 0) is 107 Å². The van der Waals surface area contributed by atoms with Crippen LogP contribution >= 0.6 is 0 Å². The van der Waals surface area contributed by atoms with E-state index in [-0.39, 0.29) is 14.9 Å². The highest BCUT2D eigenvalue weighted by Crippen LogP contribution is 2.22. The molecule has 10 rings (SSSR count). The van der Waals surface area contributed by atoms with Crippen LogP contribution in [-0.2, 0) is 39.9 Å². The van der Waals surface area contributed by atoms with E-state index >= 15 is 0 Å². The quantitative estimate of drug-likeness (QED) is 0.0955. The lowest BCUT2D eigenvalue weighted by Crippen LogP contribution is -2.03. The Morgan fingerprint density at radius 2 is 0.507 bits per heavy atom. The maximum Gasteiger partial charge on any atom is 0.119 e. The molecule has 7 aromatic rings. The van der Waals surface area contributed by atoms with Crippen molar-refractivity contribution in [1.82, 2.24) is 0 Å². The number of para-hydroxylation sites is 3. The molecule has 6 heteroatoms. The Morgan fingerprint density at radius 3 is 0.672 bits per heavy atom. The van der Waals surface area contributed by atoms with E-state index in [9.17, 15) is 0 Å². The van der Waals surface area contributed by atoms with E-state index in [4.69, 9.17) is 28.4 Å². The third-order valence-corrected chi connectivity index (χ3v) is 10.9. The van der Waals surface area contributed by atoms with Crippen LogP contribution < -0.4 is 14.2 Å². The van der Waals surface area contributed by atoms with Gasteiger partial charge < -0.3 is 28.4 Å². The SMILES string of the molecule is C.C.CCc1ccc(-c2ccc(CC)cc2)cc1.CCc1ccc(-c2ccc(CC)cc2)cc1.c1ccc(OCC2CO2)cc1.c1ccc(OCC2CO2)cc1.c1ccc(OCC2CO2)cc1. The first kappa shape index (κ1) is 53.4. The first-order valence-electron chi connectivity index (χ1n) is 23.3. The molecule has 3 aliphatic rings. The zero-order chi connectivity index (χ0) is 45.3. The fourth-order valence-corrected chi connectivity index (χ4v) is 6.34. The molecule has 6 nitrogen and oxygen atoms in total. The molecular weight excluding hydrogens is 829 g/mol. The molecule has 0 N–H and O–H groups in total. The lowest BCUT2D eigenvalue weighted by Gasteiger charge is -2.04. The van der Waals surface area contributed by atoms with Gasteiger partial charge in [-0.1, -0.05) is 194 Å². The summed E-state index contributed by atoms with van der Waals surface area (Å²) in [6.07, 6.45) is 5.45. The standard InChI is InChI=1S/2C16H18.3C9H10O2.2CH4/c2*1-3-13-5-9-15(10-6-13)16-11-7-14(4-2)8-12-16;3*1-2-4-8(5-3-1)10-6-9-7-11-9;;/h2*5-12H,3-4H2,1-2H3;3*1-5,9H,6-7H2;2*1H4. The van der Waals surface area contributed by atoms with Crippen LogP contribution in [0.15, 0.2) is 188 Å². The van der Waals surface area contributed by atoms with Crippen LogP contribution in [0.1, 0.15) is 64.8 Å². The molecule has 0 saturated carbocycles. The maximum atomic E-state index is 5.40. The summed E-state index contributed by atoms with van der Waals surface area (Å²) in [6.45, 7) is 13.4. The monoisotopic (exact) mass is 903 g/mol. The van der Waals surface area contributed by atoms with Gasteiger partial charge in [-0.2, -0.15) is 0 Å². The molecule has 0 radical (unpaired) electrons. The van der Waals surface area contributed by atoms with Crippen molar-refractivity contribution in [2.24, 2.45) is 0 Å². The Balaban J connectivity index is 0.000000183. The minimum Gasteiger partial charge on any atom is -0.491 e. The number of hydrogen-bond donors (Lipinski definition) is 0. The molecule has 0 amide bonds. The molecule has 3 saturated heterocycles. The average Bonchev–Trinajstić information content (AvgIpc) is 4.23. The van der Waals surface area contributed by atoms with Crippen LogP contribution in [-0.4, -0.2) is 58.0 Å². The summed E-state index contributed by atoms with van der Waals surface area (Å²) in [6, 6.07) is 64.7. The molecule has 0 aliphatic carbocycles. The van der Waals surface area contributed by atoms with E-state index in [1.165, 1.54) is 44.5 Å². The summed E-state index contributed by atoms with van der Waals surface area (Å²) in [4.78, 5) is 0. The fraction of sp³-hybridized carbons (Fsp3) is 0.311. The van der Waals surface area contributed by atoms with Crippen molar-refractivity contribution in [3.05, 3.63) is 210 Å². The van der Waals surface area contributed by atoms with Crippen molar-refractivity contribution in [2.45, 2.75) is 86.5 Å². The lowest BCUT2D eigenvalue weighted by atomic mass is 10.0. The number of benzene rings is 7. The third kappa shape index (κ3) is 20.9. The van der Waals surface area contributed by atoms with Crippen LogP contribution in [0, 0.1) is 0 Å². The molecule has 0 spiro atoms. The predicted octanol–water partition coefficient (Wildman–Crippen LogP) is 14.6. The van der Waals surface area contributed by atoms with Crippen LogP contribution in [0.5, 0.6) is 17.2 Å². The summed E-state index contributed by atoms with van der Waals surface area (Å²) in [7, 11) is 0. The van der Waals surface area contributed by atoms with Gasteiger partial charge in [-0.3, -0.25) is 0 Å². The van der Waals surface area contributed by atoms with Crippen molar-refractivity contribution >= 4 is 0 Å². The molecule has 7 aromatic carbocycles. The topological polar surface area (TPSA) is 65.3 Å². The second-order valence-corrected chi connectivity index (χ2v) is 15.9. The van der Waals surface area contributed by atoms with E-state index in [1.54, 1.807) is 0 Å². The van der Waals surface area contributed by atoms with E-state index in [0.717, 1.165) is 62.8 Å². The van der Waals surface area contributed by atoms with Gasteiger partial charge >= 0.3 is 0 Å². The number of ether oxygens (including phenoxy) is 6. The second-order valence-electron chi connectivity index (χ2n) is 15.9. The van der Waals surface area contributed by atoms with Crippen molar-refractivity contribution in [3.63, 3.8) is 0 Å². The largest absolute Gasteiger partial charge is 0.491 e. The Bertz CT molecular complexity index is 1980. The Labute approximate surface area is 402 Å². The molecule has 0 aromatic heterocycles. The number of hydrogen-bond acceptors (Lipinski definition) is 6. The number of rotatable bonds is 15. The number of aryl methyl sites for hydroxylation is 4. The summed E-state index contributed by atoms with van der Waals surface area (Å²) in [5, 5.41) is 0. The average molecular weight is 903 g/mol. The predicted molar refractivity (Wildman–Crippen MR) is 280 cm³/mol. The first-order valence-corrected chi connectivity index (χ1v) is 23.3. The first-order chi connectivity index (χ1) is 32.0. The third-order valence-electron chi connectivity index (χ3n) is 10.9. The normalized spacial score (nSPS) is 15.4. The minimum absolute atomic E-state index is 0. The van der Waals surface area contributed by atoms with Gasteiger partial charge in [0.15, 0.2) is 0 Å². The lowest BCUT2D eigenvalue weighted by molar-refractivity contribution is 0.263. The molecular formula is C61H74O6. The number of epoxide rings is 3. The Kier molecular flexibility index (Phi) is 24.1. The highest BCUT2D eigenvalue weighted by atomic mass is 16.6. The van der Waals surface area contributed by atoms with Gasteiger partial charge in [-0.15, -0.1) is 0 Å². The molecule has 3 unspecified atom stereocenters. The second kappa shape index (κ2) is 30.2. The summed E-state index contributed by atoms with van der Waals surface area (Å²) < 4.78 is 31.2. The van der Waals surface area contributed by atoms with E-state index in [1.807, 2.05) is 91.0 Å². The van der Waals surface area contributed by atoms with Gasteiger partial charge in [-0.25, -0.2) is 0 Å². The van der Waals surface area contributed by atoms with E-state index in [0.29, 0.717) is 38.1 Å². The van der Waals surface area contributed by atoms with Crippen LogP contribution in [0.3, 0.4) is 0 Å². The summed E-state index contributed by atoms with van der Waals surface area (Å²) in [5.41, 5.74) is 10.8. The minimum atomic E-state index is 0. The zero-order valence-corrected chi connectivity index (χ0v) is 38.7. The molecule has 3 aliphatic heterocycles. The van der Waals surface area contributed by atoms with Crippen LogP contribution in [0.4, 0.5) is 0 Å². The smallest absolute Gasteiger partial charge is 0.119 e. The maximum absolute atomic E-state index is 5.40. The highest BCUT2D eigenvalue weighted by Gasteiger charge is 2.24. The Hall–Kier alpha value is -6.18. The van der Waals surface area contributed by atoms with Crippen molar-refractivity contribution in [1.29, 1.82) is 0 Å². The highest BCUT2D eigenvalue weighted by molar-refractivity contribution is 5.65. The molecule has 354 valence electrons. The van der Waals surface area contributed by atoms with Crippen LogP contribution in [0.2, 0.25) is 0 Å². The van der Waals surface area contributed by atoms with Crippen molar-refractivity contribution < 1.29 is 28.4 Å². The summed E-state index contributed by atoms with van der Waals surface area (Å²) >= 11 is 0. The van der Waals surface area contributed by atoms with E-state index in [2.05, 4.69) is 125 Å². The van der Waals surface area contributed by atoms with Crippen molar-refractivity contribution in [3.8, 4) is 39.5 Å². The molecule has 0 bridgehead atoms. The Morgan fingerprint density at radius 1 is 0.313 bits per heavy atom. The molecule has 3 fully saturated rings. The molecule has 3 heterocycles.